The van der Waals surface area contributed by atoms with Crippen LogP contribution in [0.5, 0.6) is 0 Å². The summed E-state index contributed by atoms with van der Waals surface area (Å²) in [5, 5.41) is 16.7. The second kappa shape index (κ2) is 23.9. The van der Waals surface area contributed by atoms with Crippen molar-refractivity contribution in [1.82, 2.24) is 30.7 Å². The Morgan fingerprint density at radius 1 is 0.616 bits per heavy atom. The van der Waals surface area contributed by atoms with Crippen molar-refractivity contribution in [2.75, 3.05) is 39.3 Å². The zero-order valence-corrected chi connectivity index (χ0v) is 40.3. The molecule has 15 nitrogen and oxygen atoms in total. The Labute approximate surface area is 411 Å². The van der Waals surface area contributed by atoms with E-state index >= 15 is 0 Å². The van der Waals surface area contributed by atoms with Gasteiger partial charge in [0, 0.05) is 75.3 Å². The van der Waals surface area contributed by atoms with Gasteiger partial charge >= 0.3 is 42.3 Å². The molecule has 0 aliphatic carbocycles. The molecule has 4 saturated heterocycles. The van der Waals surface area contributed by atoms with Gasteiger partial charge in [-0.05, 0) is 103 Å². The van der Waals surface area contributed by atoms with Gasteiger partial charge in [-0.1, -0.05) is 0 Å². The van der Waals surface area contributed by atoms with Crippen molar-refractivity contribution in [3.8, 4) is 0 Å². The van der Waals surface area contributed by atoms with Gasteiger partial charge in [0.05, 0.1) is 12.5 Å². The van der Waals surface area contributed by atoms with Gasteiger partial charge in [0.15, 0.2) is 23.3 Å². The number of carbonyl (C=O) groups excluding carboxylic acids is 5. The van der Waals surface area contributed by atoms with E-state index in [0.717, 1.165) is 17.9 Å². The Hall–Kier alpha value is -6.02. The van der Waals surface area contributed by atoms with Gasteiger partial charge < -0.3 is 45.2 Å². The molecule has 73 heavy (non-hydrogen) atoms. The van der Waals surface area contributed by atoms with Gasteiger partial charge in [-0.25, -0.2) is 35.9 Å². The lowest BCUT2D eigenvalue weighted by atomic mass is 10.0. The topological polar surface area (TPSA) is 187 Å². The van der Waals surface area contributed by atoms with E-state index in [2.05, 4.69) is 16.0 Å². The zero-order chi connectivity index (χ0) is 55.1. The maximum Gasteiger partial charge on any atom is 0.471 e. The first-order valence-corrected chi connectivity index (χ1v) is 22.7. The standard InChI is InChI=1S/C23H27F6N3O4.C15H18F3NO4.C8H11F3N2O/c1-22(2,3)36-21(35)30-14(6-13-7-16(25)17(26)9-15(13)24)8-19(33)32-5-4-12-10-31(11-18(12)32)20(34)23(27,28)29;1-15(2,3)23-14(22)19-9(6-13(20)21)4-8-5-11(17)12(18)7-10(8)16;9-8(10,11)7(14)13-3-5-1-2-12-6(5)4-13/h7,9,12,14,18H,4-6,8,10-11H2,1-3H3,(H,30,35);5,7,9H,4,6H2,1-3H3,(H,19,22)(H,20,21);5-6,12H,1-4H2/t12-,14+,18+;9-;5-,6+/m010/s1. The first-order chi connectivity index (χ1) is 33.5. The van der Waals surface area contributed by atoms with Crippen molar-refractivity contribution < 1.29 is 96.0 Å². The molecule has 0 unspecified atom stereocenters. The quantitative estimate of drug-likeness (QED) is 0.144. The first-order valence-electron chi connectivity index (χ1n) is 22.7. The highest BCUT2D eigenvalue weighted by Crippen LogP contribution is 2.35. The molecule has 4 heterocycles. The van der Waals surface area contributed by atoms with Crippen molar-refractivity contribution >= 4 is 35.9 Å². The molecule has 0 radical (unpaired) electrons. The molecule has 6 rings (SSSR count). The predicted molar refractivity (Wildman–Crippen MR) is 232 cm³/mol. The Balaban J connectivity index is 0.000000265. The first kappa shape index (κ1) is 59.5. The van der Waals surface area contributed by atoms with E-state index in [-0.39, 0.29) is 74.6 Å². The Morgan fingerprint density at radius 3 is 1.47 bits per heavy atom. The number of alkyl halides is 6. The molecule has 4 fully saturated rings. The fourth-order valence-corrected chi connectivity index (χ4v) is 8.62. The molecule has 0 saturated carbocycles. The van der Waals surface area contributed by atoms with Crippen LogP contribution in [-0.2, 0) is 41.5 Å². The molecule has 0 spiro atoms. The monoisotopic (exact) mass is 1060 g/mol. The lowest BCUT2D eigenvalue weighted by Gasteiger charge is -2.28. The number of aliphatic carboxylic acids is 1. The fraction of sp³-hybridized carbons (Fsp3) is 0.609. The smallest absolute Gasteiger partial charge is 0.471 e. The van der Waals surface area contributed by atoms with Crippen LogP contribution in [0.2, 0.25) is 0 Å². The summed E-state index contributed by atoms with van der Waals surface area (Å²) in [5.41, 5.74) is -2.23. The van der Waals surface area contributed by atoms with Crippen molar-refractivity contribution in [3.63, 3.8) is 0 Å². The van der Waals surface area contributed by atoms with Crippen LogP contribution in [-0.4, -0.2) is 143 Å². The maximum atomic E-state index is 14.3. The zero-order valence-electron chi connectivity index (χ0n) is 40.3. The Bertz CT molecular complexity index is 2330. The van der Waals surface area contributed by atoms with Crippen LogP contribution in [0.1, 0.15) is 78.4 Å². The molecule has 4 aliphatic rings. The second-order valence-corrected chi connectivity index (χ2v) is 19.8. The third-order valence-electron chi connectivity index (χ3n) is 11.7. The number of alkyl carbamates (subject to hydrolysis) is 2. The summed E-state index contributed by atoms with van der Waals surface area (Å²) in [7, 11) is 0. The van der Waals surface area contributed by atoms with Crippen LogP contribution in [0.25, 0.3) is 0 Å². The van der Waals surface area contributed by atoms with E-state index in [4.69, 9.17) is 14.6 Å². The highest BCUT2D eigenvalue weighted by molar-refractivity contribution is 5.83. The molecule has 27 heteroatoms. The van der Waals surface area contributed by atoms with E-state index in [0.29, 0.717) is 35.6 Å². The van der Waals surface area contributed by atoms with Gasteiger partial charge in [-0.3, -0.25) is 19.2 Å². The largest absolute Gasteiger partial charge is 0.481 e. The number of hydrogen-bond acceptors (Lipinski definition) is 9. The number of carboxylic acids is 1. The van der Waals surface area contributed by atoms with E-state index in [9.17, 15) is 81.5 Å². The summed E-state index contributed by atoms with van der Waals surface area (Å²) in [4.78, 5) is 73.4. The number of hydrogen-bond donors (Lipinski definition) is 4. The van der Waals surface area contributed by atoms with E-state index in [1.807, 2.05) is 0 Å². The van der Waals surface area contributed by atoms with E-state index in [1.165, 1.54) is 4.90 Å². The number of halogens is 12. The van der Waals surface area contributed by atoms with Crippen molar-refractivity contribution in [3.05, 3.63) is 70.3 Å². The lowest BCUT2D eigenvalue weighted by molar-refractivity contribution is -0.184. The molecular weight excluding hydrogens is 1010 g/mol. The van der Waals surface area contributed by atoms with E-state index in [1.54, 1.807) is 41.5 Å². The predicted octanol–water partition coefficient (Wildman–Crippen LogP) is 6.93. The lowest BCUT2D eigenvalue weighted by Crippen LogP contribution is -2.47. The number of nitrogens with zero attached hydrogens (tertiary/aromatic N) is 3. The minimum atomic E-state index is -5.02. The van der Waals surface area contributed by atoms with Crippen molar-refractivity contribution in [2.24, 2.45) is 11.8 Å². The highest BCUT2D eigenvalue weighted by atomic mass is 19.4. The molecule has 4 N–H and O–H groups in total. The molecule has 5 amide bonds. The third-order valence-corrected chi connectivity index (χ3v) is 11.7. The molecule has 0 aromatic heterocycles. The van der Waals surface area contributed by atoms with Crippen LogP contribution in [0.3, 0.4) is 0 Å². The number of carbonyl (C=O) groups is 6. The maximum absolute atomic E-state index is 14.3. The minimum Gasteiger partial charge on any atom is -0.481 e. The number of nitrogens with one attached hydrogen (secondary N) is 3. The van der Waals surface area contributed by atoms with Gasteiger partial charge in [0.2, 0.25) is 5.91 Å². The summed E-state index contributed by atoms with van der Waals surface area (Å²) < 4.78 is 166. The summed E-state index contributed by atoms with van der Waals surface area (Å²) in [6, 6.07) is -0.712. The Kier molecular flexibility index (Phi) is 19.5. The summed E-state index contributed by atoms with van der Waals surface area (Å²) in [6.07, 6.45) is -11.9. The van der Waals surface area contributed by atoms with Crippen LogP contribution in [0, 0.1) is 46.7 Å². The van der Waals surface area contributed by atoms with Gasteiger partial charge in [-0.15, -0.1) is 0 Å². The summed E-state index contributed by atoms with van der Waals surface area (Å²) in [5.74, 6) is -13.0. The number of fused-ring (bicyclic) bond motifs is 2. The van der Waals surface area contributed by atoms with Crippen molar-refractivity contribution in [1.29, 1.82) is 0 Å². The summed E-state index contributed by atoms with van der Waals surface area (Å²) in [6.45, 7) is 10.8. The van der Waals surface area contributed by atoms with Crippen LogP contribution in [0.4, 0.5) is 62.3 Å². The number of carboxylic acid groups (broad SMARTS) is 1. The fourth-order valence-electron chi connectivity index (χ4n) is 8.62. The number of rotatable bonds is 10. The minimum absolute atomic E-state index is 0.0706. The molecule has 2 aromatic rings. The highest BCUT2D eigenvalue weighted by Gasteiger charge is 2.51. The molecule has 4 aliphatic heterocycles. The average molecular weight is 1060 g/mol. The second-order valence-electron chi connectivity index (χ2n) is 19.8. The Morgan fingerprint density at radius 2 is 1.04 bits per heavy atom. The number of amides is 5. The molecular formula is C46H56F12N6O9. The third kappa shape index (κ3) is 17.9. The number of ether oxygens (including phenoxy) is 2. The normalized spacial score (nSPS) is 20.4. The van der Waals surface area contributed by atoms with Crippen LogP contribution >= 0.6 is 0 Å². The number of benzene rings is 2. The SMILES string of the molecule is CC(C)(C)OC(=O)N[C@@H](CC(=O)N1CC[C@H]2CN(C(=O)C(F)(F)F)C[C@H]21)Cc1cc(F)c(F)cc1F.CC(C)(C)OC(=O)N[C@@H](CC(=O)O)Cc1cc(F)c(F)cc1F.O=C(N1C[C@@H]2CCN[C@@H]2C1)C(F)(F)F. The van der Waals surface area contributed by atoms with Gasteiger partial charge in [0.25, 0.3) is 0 Å². The molecule has 408 valence electrons. The van der Waals surface area contributed by atoms with Crippen LogP contribution in [0.15, 0.2) is 24.3 Å². The number of likely N-dealkylation sites (tertiary alicyclic amines) is 3. The molecule has 2 aromatic carbocycles. The average Bonchev–Trinajstić information content (AvgIpc) is 4.02. The van der Waals surface area contributed by atoms with Crippen molar-refractivity contribution in [2.45, 2.75) is 128 Å². The molecule has 0 bridgehead atoms. The van der Waals surface area contributed by atoms with Gasteiger partial charge in [-0.2, -0.15) is 26.3 Å². The molecule has 6 atom stereocenters. The van der Waals surface area contributed by atoms with E-state index < -0.39 is 125 Å². The van der Waals surface area contributed by atoms with Gasteiger partial charge in [0.1, 0.15) is 22.8 Å². The summed E-state index contributed by atoms with van der Waals surface area (Å²) >= 11 is 0. The van der Waals surface area contributed by atoms with Crippen LogP contribution < -0.4 is 16.0 Å².